The summed E-state index contributed by atoms with van der Waals surface area (Å²) in [5.74, 6) is 0. The largest absolute Gasteiger partial charge is 0.342 e. The second-order valence-corrected chi connectivity index (χ2v) is 3.54. The molecule has 0 aliphatic heterocycles. The number of aromatic nitrogens is 3. The number of nitrogens with zero attached hydrogens (tertiary/aromatic N) is 2. The molecule has 0 radical (unpaired) electrons. The van der Waals surface area contributed by atoms with E-state index in [0.29, 0.717) is 0 Å². The van der Waals surface area contributed by atoms with Crippen molar-refractivity contribution >= 4 is 27.1 Å². The van der Waals surface area contributed by atoms with Crippen molar-refractivity contribution in [2.24, 2.45) is 0 Å². The minimum absolute atomic E-state index is 0.814. The number of aromatic amines is 1. The number of H-pyrrole nitrogens is 1. The van der Waals surface area contributed by atoms with Crippen LogP contribution >= 0.6 is 15.9 Å². The third-order valence-corrected chi connectivity index (χ3v) is 2.46. The quantitative estimate of drug-likeness (QED) is 0.748. The van der Waals surface area contributed by atoms with Gasteiger partial charge >= 0.3 is 0 Å². The maximum Gasteiger partial charge on any atom is 0.156 e. The van der Waals surface area contributed by atoms with Gasteiger partial charge in [0, 0.05) is 5.69 Å². The zero-order chi connectivity index (χ0) is 8.72. The van der Waals surface area contributed by atoms with Gasteiger partial charge in [-0.25, -0.2) is 9.97 Å². The molecule has 0 amide bonds. The summed E-state index contributed by atoms with van der Waals surface area (Å²) in [6.45, 7) is 3.92. The van der Waals surface area contributed by atoms with Crippen molar-refractivity contribution in [2.75, 3.05) is 0 Å². The summed E-state index contributed by atoms with van der Waals surface area (Å²) < 4.78 is 0.814. The van der Waals surface area contributed by atoms with Gasteiger partial charge < -0.3 is 4.98 Å². The van der Waals surface area contributed by atoms with Gasteiger partial charge in [0.25, 0.3) is 0 Å². The molecule has 0 bridgehead atoms. The summed E-state index contributed by atoms with van der Waals surface area (Å²) in [4.78, 5) is 11.8. The first-order valence-electron chi connectivity index (χ1n) is 3.66. The molecule has 2 aromatic rings. The summed E-state index contributed by atoms with van der Waals surface area (Å²) in [5, 5.41) is 0. The first-order chi connectivity index (χ1) is 5.66. The van der Waals surface area contributed by atoms with Crippen LogP contribution in [0.4, 0.5) is 0 Å². The third kappa shape index (κ3) is 1.12. The highest BCUT2D eigenvalue weighted by Crippen LogP contribution is 2.16. The number of aryl methyl sites for hydroxylation is 2. The number of hydrogen-bond donors (Lipinski definition) is 1. The minimum Gasteiger partial charge on any atom is -0.342 e. The lowest BCUT2D eigenvalue weighted by Gasteiger charge is -1.94. The van der Waals surface area contributed by atoms with Crippen LogP contribution in [-0.2, 0) is 0 Å². The molecule has 0 fully saturated rings. The van der Waals surface area contributed by atoms with Crippen LogP contribution in [0.25, 0.3) is 11.2 Å². The molecule has 2 heterocycles. The summed E-state index contributed by atoms with van der Waals surface area (Å²) in [6, 6.07) is 1.98. The van der Waals surface area contributed by atoms with Gasteiger partial charge in [-0.15, -0.1) is 0 Å². The molecule has 0 saturated carbocycles. The van der Waals surface area contributed by atoms with E-state index in [2.05, 4.69) is 30.9 Å². The molecule has 0 atom stereocenters. The Morgan fingerprint density at radius 3 is 2.83 bits per heavy atom. The summed E-state index contributed by atoms with van der Waals surface area (Å²) in [5.41, 5.74) is 3.75. The van der Waals surface area contributed by atoms with Crippen LogP contribution < -0.4 is 0 Å². The number of hydrogen-bond acceptors (Lipinski definition) is 2. The molecule has 3 nitrogen and oxygen atoms in total. The molecule has 2 aromatic heterocycles. The molecule has 0 aromatic carbocycles. The van der Waals surface area contributed by atoms with Gasteiger partial charge in [0.05, 0.1) is 5.69 Å². The number of nitrogens with one attached hydrogen (secondary N) is 1. The Balaban J connectivity index is 2.83. The summed E-state index contributed by atoms with van der Waals surface area (Å²) in [6.07, 6.45) is 0. The fraction of sp³-hybridized carbons (Fsp3) is 0.250. The van der Waals surface area contributed by atoms with Crippen LogP contribution in [0, 0.1) is 13.8 Å². The van der Waals surface area contributed by atoms with Crippen molar-refractivity contribution in [3.8, 4) is 0 Å². The van der Waals surface area contributed by atoms with Gasteiger partial charge in [-0.3, -0.25) is 0 Å². The minimum atomic E-state index is 0.814. The highest BCUT2D eigenvalue weighted by Gasteiger charge is 2.03. The lowest BCUT2D eigenvalue weighted by atomic mass is 10.4. The molecule has 0 unspecified atom stereocenters. The second-order valence-electron chi connectivity index (χ2n) is 2.79. The Bertz CT molecular complexity index is 394. The maximum absolute atomic E-state index is 4.33. The SMILES string of the molecule is Cc1cc2nc(Br)c(C)nc2[nH]1. The predicted octanol–water partition coefficient (Wildman–Crippen LogP) is 2.34. The zero-order valence-corrected chi connectivity index (χ0v) is 8.44. The van der Waals surface area contributed by atoms with E-state index >= 15 is 0 Å². The van der Waals surface area contributed by atoms with Crippen molar-refractivity contribution in [1.29, 1.82) is 0 Å². The first kappa shape index (κ1) is 7.73. The number of fused-ring (bicyclic) bond motifs is 1. The standard InChI is InChI=1S/C8H8BrN3/c1-4-3-6-8(10-4)11-5(2)7(9)12-6/h3H,1-2H3,(H,10,11). The summed E-state index contributed by atoms with van der Waals surface area (Å²) >= 11 is 3.34. The van der Waals surface area contributed by atoms with E-state index in [1.807, 2.05) is 19.9 Å². The van der Waals surface area contributed by atoms with E-state index in [1.54, 1.807) is 0 Å². The van der Waals surface area contributed by atoms with Crippen molar-refractivity contribution in [1.82, 2.24) is 15.0 Å². The molecule has 12 heavy (non-hydrogen) atoms. The van der Waals surface area contributed by atoms with Crippen LogP contribution in [-0.4, -0.2) is 15.0 Å². The normalized spacial score (nSPS) is 10.9. The highest BCUT2D eigenvalue weighted by atomic mass is 79.9. The van der Waals surface area contributed by atoms with Crippen LogP contribution in [0.15, 0.2) is 10.7 Å². The average molecular weight is 226 g/mol. The van der Waals surface area contributed by atoms with Gasteiger partial charge in [0.15, 0.2) is 5.65 Å². The van der Waals surface area contributed by atoms with Gasteiger partial charge in [-0.2, -0.15) is 0 Å². The molecular formula is C8H8BrN3. The van der Waals surface area contributed by atoms with Gasteiger partial charge in [-0.1, -0.05) is 0 Å². The van der Waals surface area contributed by atoms with Crippen LogP contribution in [0.5, 0.6) is 0 Å². The van der Waals surface area contributed by atoms with E-state index in [0.717, 1.165) is 27.2 Å². The van der Waals surface area contributed by atoms with Crippen LogP contribution in [0.2, 0.25) is 0 Å². The van der Waals surface area contributed by atoms with Crippen molar-refractivity contribution in [3.63, 3.8) is 0 Å². The predicted molar refractivity (Wildman–Crippen MR) is 51.1 cm³/mol. The van der Waals surface area contributed by atoms with Gasteiger partial charge in [0.2, 0.25) is 0 Å². The molecule has 1 N–H and O–H groups in total. The Kier molecular flexibility index (Phi) is 1.65. The highest BCUT2D eigenvalue weighted by molar-refractivity contribution is 9.10. The average Bonchev–Trinajstić information content (AvgIpc) is 2.30. The van der Waals surface area contributed by atoms with Crippen molar-refractivity contribution < 1.29 is 0 Å². The summed E-state index contributed by atoms with van der Waals surface area (Å²) in [7, 11) is 0. The molecule has 0 spiro atoms. The van der Waals surface area contributed by atoms with E-state index in [-0.39, 0.29) is 0 Å². The van der Waals surface area contributed by atoms with Gasteiger partial charge in [-0.05, 0) is 35.8 Å². The molecule has 0 saturated heterocycles. The van der Waals surface area contributed by atoms with E-state index < -0.39 is 0 Å². The Hall–Kier alpha value is -0.900. The van der Waals surface area contributed by atoms with Crippen molar-refractivity contribution in [3.05, 3.63) is 22.1 Å². The fourth-order valence-corrected chi connectivity index (χ4v) is 1.41. The lowest BCUT2D eigenvalue weighted by molar-refractivity contribution is 1.13. The third-order valence-electron chi connectivity index (χ3n) is 1.71. The smallest absolute Gasteiger partial charge is 0.156 e. The van der Waals surface area contributed by atoms with Crippen LogP contribution in [0.1, 0.15) is 11.4 Å². The lowest BCUT2D eigenvalue weighted by Crippen LogP contribution is -1.87. The van der Waals surface area contributed by atoms with Crippen LogP contribution in [0.3, 0.4) is 0 Å². The number of rotatable bonds is 0. The molecule has 4 heteroatoms. The van der Waals surface area contributed by atoms with E-state index in [4.69, 9.17) is 0 Å². The Morgan fingerprint density at radius 2 is 2.08 bits per heavy atom. The molecular weight excluding hydrogens is 218 g/mol. The molecule has 62 valence electrons. The van der Waals surface area contributed by atoms with Gasteiger partial charge in [0.1, 0.15) is 10.1 Å². The zero-order valence-electron chi connectivity index (χ0n) is 6.85. The first-order valence-corrected chi connectivity index (χ1v) is 4.45. The number of halogens is 1. The topological polar surface area (TPSA) is 41.6 Å². The van der Waals surface area contributed by atoms with E-state index in [9.17, 15) is 0 Å². The fourth-order valence-electron chi connectivity index (χ4n) is 1.13. The van der Waals surface area contributed by atoms with Crippen molar-refractivity contribution in [2.45, 2.75) is 13.8 Å². The molecule has 0 aliphatic carbocycles. The van der Waals surface area contributed by atoms with E-state index in [1.165, 1.54) is 0 Å². The monoisotopic (exact) mass is 225 g/mol. The maximum atomic E-state index is 4.33. The Labute approximate surface area is 78.4 Å². The second kappa shape index (κ2) is 2.55. The Morgan fingerprint density at radius 1 is 1.33 bits per heavy atom. The molecule has 2 rings (SSSR count). The molecule has 0 aliphatic rings.